The SMILES string of the molecule is CCS(=O)(=O)/C=C(\C)N1CCNCC1. The summed E-state index contributed by atoms with van der Waals surface area (Å²) in [6, 6.07) is 0. The Morgan fingerprint density at radius 2 is 2.00 bits per heavy atom. The lowest BCUT2D eigenvalue weighted by atomic mass is 10.3. The Labute approximate surface area is 85.9 Å². The summed E-state index contributed by atoms with van der Waals surface area (Å²) in [4.78, 5) is 2.10. The van der Waals surface area contributed by atoms with E-state index in [0.717, 1.165) is 31.9 Å². The van der Waals surface area contributed by atoms with Crippen molar-refractivity contribution in [2.45, 2.75) is 13.8 Å². The number of allylic oxidation sites excluding steroid dienone is 1. The fourth-order valence-corrected chi connectivity index (χ4v) is 2.27. The van der Waals surface area contributed by atoms with Gasteiger partial charge in [0.05, 0.1) is 5.75 Å². The van der Waals surface area contributed by atoms with Gasteiger partial charge in [0.25, 0.3) is 0 Å². The van der Waals surface area contributed by atoms with Crippen LogP contribution in [0, 0.1) is 0 Å². The molecule has 1 aliphatic heterocycles. The number of hydrogen-bond donors (Lipinski definition) is 1. The molecule has 1 heterocycles. The molecule has 0 spiro atoms. The van der Waals surface area contributed by atoms with Gasteiger partial charge in [0.15, 0.2) is 9.84 Å². The maximum Gasteiger partial charge on any atom is 0.173 e. The van der Waals surface area contributed by atoms with E-state index in [9.17, 15) is 8.42 Å². The van der Waals surface area contributed by atoms with Crippen molar-refractivity contribution in [1.29, 1.82) is 0 Å². The van der Waals surface area contributed by atoms with Crippen LogP contribution in [-0.4, -0.2) is 45.2 Å². The molecule has 1 aliphatic rings. The van der Waals surface area contributed by atoms with Crippen LogP contribution in [0.3, 0.4) is 0 Å². The third kappa shape index (κ3) is 3.31. The lowest BCUT2D eigenvalue weighted by Crippen LogP contribution is -2.42. The molecular formula is C9H18N2O2S. The van der Waals surface area contributed by atoms with E-state index in [1.165, 1.54) is 5.41 Å². The second-order valence-electron chi connectivity index (χ2n) is 3.45. The van der Waals surface area contributed by atoms with Crippen molar-refractivity contribution in [2.75, 3.05) is 31.9 Å². The van der Waals surface area contributed by atoms with Crippen molar-refractivity contribution in [3.05, 3.63) is 11.1 Å². The van der Waals surface area contributed by atoms with Gasteiger partial charge in [-0.05, 0) is 6.92 Å². The quantitative estimate of drug-likeness (QED) is 0.734. The third-order valence-electron chi connectivity index (χ3n) is 2.37. The average molecular weight is 218 g/mol. The van der Waals surface area contributed by atoms with E-state index in [0.29, 0.717) is 0 Å². The van der Waals surface area contributed by atoms with Crippen LogP contribution in [0.15, 0.2) is 11.1 Å². The van der Waals surface area contributed by atoms with Crippen molar-refractivity contribution in [3.63, 3.8) is 0 Å². The van der Waals surface area contributed by atoms with Crippen LogP contribution in [0.4, 0.5) is 0 Å². The first-order chi connectivity index (χ1) is 6.55. The number of nitrogens with zero attached hydrogens (tertiary/aromatic N) is 1. The molecule has 82 valence electrons. The van der Waals surface area contributed by atoms with Gasteiger partial charge in [-0.2, -0.15) is 0 Å². The zero-order valence-corrected chi connectivity index (χ0v) is 9.60. The molecule has 0 unspecified atom stereocenters. The first-order valence-corrected chi connectivity index (χ1v) is 6.63. The molecule has 1 fully saturated rings. The summed E-state index contributed by atoms with van der Waals surface area (Å²) in [5.41, 5.74) is 0.855. The molecule has 0 radical (unpaired) electrons. The summed E-state index contributed by atoms with van der Waals surface area (Å²) >= 11 is 0. The predicted octanol–water partition coefficient (Wildman–Crippen LogP) is 0.188. The zero-order valence-electron chi connectivity index (χ0n) is 8.78. The smallest absolute Gasteiger partial charge is 0.173 e. The predicted molar refractivity (Wildman–Crippen MR) is 57.7 cm³/mol. The summed E-state index contributed by atoms with van der Waals surface area (Å²) in [6.45, 7) is 7.16. The molecule has 0 aromatic heterocycles. The van der Waals surface area contributed by atoms with Crippen LogP contribution in [-0.2, 0) is 9.84 Å². The second kappa shape index (κ2) is 4.79. The van der Waals surface area contributed by atoms with E-state index in [4.69, 9.17) is 0 Å². The minimum absolute atomic E-state index is 0.177. The number of hydrogen-bond acceptors (Lipinski definition) is 4. The van der Waals surface area contributed by atoms with Crippen molar-refractivity contribution in [3.8, 4) is 0 Å². The summed E-state index contributed by atoms with van der Waals surface area (Å²) in [5, 5.41) is 4.62. The van der Waals surface area contributed by atoms with Crippen LogP contribution >= 0.6 is 0 Å². The maximum atomic E-state index is 11.3. The number of piperazine rings is 1. The molecule has 14 heavy (non-hydrogen) atoms. The number of nitrogens with one attached hydrogen (secondary N) is 1. The van der Waals surface area contributed by atoms with E-state index >= 15 is 0 Å². The molecule has 0 atom stereocenters. The normalized spacial score (nSPS) is 19.9. The second-order valence-corrected chi connectivity index (χ2v) is 5.59. The molecule has 0 bridgehead atoms. The van der Waals surface area contributed by atoms with Crippen molar-refractivity contribution < 1.29 is 8.42 Å². The van der Waals surface area contributed by atoms with E-state index in [1.54, 1.807) is 6.92 Å². The summed E-state index contributed by atoms with van der Waals surface area (Å²) in [7, 11) is -2.99. The lowest BCUT2D eigenvalue weighted by Gasteiger charge is -2.29. The van der Waals surface area contributed by atoms with Gasteiger partial charge in [0, 0.05) is 37.3 Å². The van der Waals surface area contributed by atoms with Gasteiger partial charge in [0.1, 0.15) is 0 Å². The maximum absolute atomic E-state index is 11.3. The van der Waals surface area contributed by atoms with Gasteiger partial charge in [0.2, 0.25) is 0 Å². The average Bonchev–Trinajstić information content (AvgIpc) is 2.19. The minimum Gasteiger partial charge on any atom is -0.372 e. The van der Waals surface area contributed by atoms with E-state index in [-0.39, 0.29) is 5.75 Å². The van der Waals surface area contributed by atoms with E-state index < -0.39 is 9.84 Å². The van der Waals surface area contributed by atoms with Gasteiger partial charge in [-0.15, -0.1) is 0 Å². The minimum atomic E-state index is -2.99. The standard InChI is InChI=1S/C9H18N2O2S/c1-3-14(12,13)8-9(2)11-6-4-10-5-7-11/h8,10H,3-7H2,1-2H3/b9-8+. The summed E-state index contributed by atoms with van der Waals surface area (Å²) in [6.07, 6.45) is 0. The first kappa shape index (κ1) is 11.5. The Morgan fingerprint density at radius 3 is 2.50 bits per heavy atom. The van der Waals surface area contributed by atoms with Crippen LogP contribution in [0.2, 0.25) is 0 Å². The Balaban J connectivity index is 2.67. The van der Waals surface area contributed by atoms with Gasteiger partial charge in [-0.1, -0.05) is 6.92 Å². The van der Waals surface area contributed by atoms with Crippen LogP contribution in [0.1, 0.15) is 13.8 Å². The fourth-order valence-electron chi connectivity index (χ4n) is 1.44. The molecule has 0 aromatic rings. The molecule has 0 aliphatic carbocycles. The molecule has 5 heteroatoms. The van der Waals surface area contributed by atoms with E-state index in [2.05, 4.69) is 10.2 Å². The fraction of sp³-hybridized carbons (Fsp3) is 0.778. The van der Waals surface area contributed by atoms with Crippen molar-refractivity contribution >= 4 is 9.84 Å². The van der Waals surface area contributed by atoms with Crippen molar-refractivity contribution in [2.24, 2.45) is 0 Å². The number of sulfone groups is 1. The molecule has 1 N–H and O–H groups in total. The Kier molecular flexibility index (Phi) is 3.95. The molecule has 0 saturated carbocycles. The van der Waals surface area contributed by atoms with Gasteiger partial charge in [-0.3, -0.25) is 0 Å². The lowest BCUT2D eigenvalue weighted by molar-refractivity contribution is 0.300. The Hall–Kier alpha value is -0.550. The zero-order chi connectivity index (χ0) is 10.6. The van der Waals surface area contributed by atoms with Crippen LogP contribution in [0.5, 0.6) is 0 Å². The Bertz CT molecular complexity index is 303. The van der Waals surface area contributed by atoms with Crippen LogP contribution < -0.4 is 5.32 Å². The summed E-state index contributed by atoms with van der Waals surface area (Å²) in [5.74, 6) is 0.177. The monoisotopic (exact) mass is 218 g/mol. The van der Waals surface area contributed by atoms with Crippen molar-refractivity contribution in [1.82, 2.24) is 10.2 Å². The van der Waals surface area contributed by atoms with E-state index in [1.807, 2.05) is 6.92 Å². The van der Waals surface area contributed by atoms with Gasteiger partial charge in [-0.25, -0.2) is 8.42 Å². The molecule has 4 nitrogen and oxygen atoms in total. The van der Waals surface area contributed by atoms with Gasteiger partial charge < -0.3 is 10.2 Å². The third-order valence-corrected chi connectivity index (χ3v) is 3.87. The molecule has 1 rings (SSSR count). The largest absolute Gasteiger partial charge is 0.372 e. The Morgan fingerprint density at radius 1 is 1.43 bits per heavy atom. The molecular weight excluding hydrogens is 200 g/mol. The highest BCUT2D eigenvalue weighted by Gasteiger charge is 2.12. The van der Waals surface area contributed by atoms with Crippen LogP contribution in [0.25, 0.3) is 0 Å². The summed E-state index contributed by atoms with van der Waals surface area (Å²) < 4.78 is 22.7. The van der Waals surface area contributed by atoms with Gasteiger partial charge >= 0.3 is 0 Å². The first-order valence-electron chi connectivity index (χ1n) is 4.92. The molecule has 1 saturated heterocycles. The highest BCUT2D eigenvalue weighted by molar-refractivity contribution is 7.94. The number of rotatable bonds is 3. The highest BCUT2D eigenvalue weighted by Crippen LogP contribution is 2.07. The molecule has 0 aromatic carbocycles. The topological polar surface area (TPSA) is 49.4 Å². The molecule has 0 amide bonds. The highest BCUT2D eigenvalue weighted by atomic mass is 32.2.